The molecule has 0 atom stereocenters. The van der Waals surface area contributed by atoms with Crippen LogP contribution in [0.25, 0.3) is 0 Å². The van der Waals surface area contributed by atoms with E-state index in [1.807, 2.05) is 6.92 Å². The molecule has 0 unspecified atom stereocenters. The molecule has 0 radical (unpaired) electrons. The zero-order valence-electron chi connectivity index (χ0n) is 8.70. The number of nitrogens with zero attached hydrogens (tertiary/aromatic N) is 2. The maximum Gasteiger partial charge on any atom is 0.253 e. The van der Waals surface area contributed by atoms with Crippen molar-refractivity contribution in [1.29, 1.82) is 0 Å². The van der Waals surface area contributed by atoms with Crippen LogP contribution >= 0.6 is 11.6 Å². The van der Waals surface area contributed by atoms with Crippen molar-refractivity contribution in [2.24, 2.45) is 5.10 Å². The molecule has 16 heavy (non-hydrogen) atoms. The van der Waals surface area contributed by atoms with Crippen LogP contribution in [0.5, 0.6) is 0 Å². The molecule has 3 nitrogen and oxygen atoms in total. The highest BCUT2D eigenvalue weighted by atomic mass is 35.5. The summed E-state index contributed by atoms with van der Waals surface area (Å²) in [6.45, 7) is 1.93. The maximum absolute atomic E-state index is 13.2. The summed E-state index contributed by atoms with van der Waals surface area (Å²) < 4.78 is 13.2. The van der Waals surface area contributed by atoms with Gasteiger partial charge >= 0.3 is 0 Å². The Morgan fingerprint density at radius 1 is 1.56 bits per heavy atom. The largest absolute Gasteiger partial charge is 0.272 e. The van der Waals surface area contributed by atoms with Gasteiger partial charge in [0.05, 0.1) is 17.1 Å². The average molecular weight is 241 g/mol. The van der Waals surface area contributed by atoms with E-state index >= 15 is 0 Å². The third-order valence-electron chi connectivity index (χ3n) is 2.39. The Morgan fingerprint density at radius 3 is 2.88 bits per heavy atom. The Morgan fingerprint density at radius 2 is 2.31 bits per heavy atom. The summed E-state index contributed by atoms with van der Waals surface area (Å²) in [6.07, 6.45) is 1.03. The number of hydrogen-bond donors (Lipinski definition) is 0. The molecule has 5 heteroatoms. The topological polar surface area (TPSA) is 32.7 Å². The van der Waals surface area contributed by atoms with Crippen molar-refractivity contribution >= 4 is 28.9 Å². The van der Waals surface area contributed by atoms with E-state index in [1.165, 1.54) is 17.1 Å². The average Bonchev–Trinajstić information content (AvgIpc) is 2.64. The molecular formula is C11H10ClFN2O. The molecule has 1 aromatic rings. The second-order valence-corrected chi connectivity index (χ2v) is 3.91. The minimum absolute atomic E-state index is 0.0371. The Balaban J connectivity index is 2.34. The highest BCUT2D eigenvalue weighted by molar-refractivity contribution is 6.30. The van der Waals surface area contributed by atoms with Gasteiger partial charge in [0.15, 0.2) is 0 Å². The van der Waals surface area contributed by atoms with Crippen LogP contribution in [-0.2, 0) is 4.79 Å². The molecule has 1 amide bonds. The molecule has 0 bridgehead atoms. The third-order valence-corrected chi connectivity index (χ3v) is 2.70. The van der Waals surface area contributed by atoms with E-state index in [1.54, 1.807) is 6.07 Å². The number of carbonyl (C=O) groups is 1. The van der Waals surface area contributed by atoms with Crippen molar-refractivity contribution in [2.75, 3.05) is 5.01 Å². The van der Waals surface area contributed by atoms with E-state index in [2.05, 4.69) is 5.10 Å². The van der Waals surface area contributed by atoms with E-state index in [4.69, 9.17) is 11.6 Å². The fraction of sp³-hybridized carbons (Fsp3) is 0.273. The minimum atomic E-state index is -0.549. The lowest BCUT2D eigenvalue weighted by molar-refractivity contribution is -0.116. The molecule has 1 aliphatic heterocycles. The molecule has 84 valence electrons. The maximum atomic E-state index is 13.2. The Labute approximate surface area is 97.5 Å². The lowest BCUT2D eigenvalue weighted by Gasteiger charge is -2.11. The van der Waals surface area contributed by atoms with Crippen molar-refractivity contribution in [2.45, 2.75) is 19.8 Å². The first kappa shape index (κ1) is 11.1. The molecule has 1 heterocycles. The molecule has 2 rings (SSSR count). The summed E-state index contributed by atoms with van der Waals surface area (Å²) in [5.41, 5.74) is 1.22. The van der Waals surface area contributed by atoms with Gasteiger partial charge in [-0.3, -0.25) is 4.79 Å². The Bertz CT molecular complexity index is 473. The normalized spacial score (nSPS) is 15.6. The van der Waals surface area contributed by atoms with Crippen LogP contribution in [0, 0.1) is 5.82 Å². The van der Waals surface area contributed by atoms with Gasteiger partial charge in [0, 0.05) is 11.8 Å². The second kappa shape index (κ2) is 4.22. The fourth-order valence-electron chi connectivity index (χ4n) is 1.50. The number of rotatable bonds is 2. The van der Waals surface area contributed by atoms with Crippen LogP contribution in [0.3, 0.4) is 0 Å². The standard InChI is InChI=1S/C11H10ClFN2O/c1-2-7-5-11(16)15(14-7)8-3-4-9(12)10(13)6-8/h3-4,6H,2,5H2,1H3. The first-order valence-electron chi connectivity index (χ1n) is 4.96. The van der Waals surface area contributed by atoms with Gasteiger partial charge in [-0.05, 0) is 18.6 Å². The number of hydrogen-bond acceptors (Lipinski definition) is 2. The summed E-state index contributed by atoms with van der Waals surface area (Å²) in [6, 6.07) is 4.20. The van der Waals surface area contributed by atoms with Crippen molar-refractivity contribution in [3.05, 3.63) is 29.0 Å². The van der Waals surface area contributed by atoms with E-state index in [-0.39, 0.29) is 10.9 Å². The summed E-state index contributed by atoms with van der Waals surface area (Å²) in [5, 5.41) is 5.38. The molecule has 0 N–H and O–H groups in total. The van der Waals surface area contributed by atoms with Crippen molar-refractivity contribution in [3.63, 3.8) is 0 Å². The second-order valence-electron chi connectivity index (χ2n) is 3.50. The lowest BCUT2D eigenvalue weighted by Crippen LogP contribution is -2.19. The zero-order valence-corrected chi connectivity index (χ0v) is 9.46. The van der Waals surface area contributed by atoms with Crippen LogP contribution in [0.1, 0.15) is 19.8 Å². The van der Waals surface area contributed by atoms with E-state index in [0.29, 0.717) is 12.1 Å². The van der Waals surface area contributed by atoms with Crippen molar-refractivity contribution < 1.29 is 9.18 Å². The van der Waals surface area contributed by atoms with Crippen LogP contribution in [-0.4, -0.2) is 11.6 Å². The first-order chi connectivity index (χ1) is 7.61. The number of halogens is 2. The van der Waals surface area contributed by atoms with Gasteiger partial charge in [-0.25, -0.2) is 9.40 Å². The third kappa shape index (κ3) is 1.93. The summed E-state index contributed by atoms with van der Waals surface area (Å²) in [4.78, 5) is 11.6. The highest BCUT2D eigenvalue weighted by Gasteiger charge is 2.24. The van der Waals surface area contributed by atoms with Gasteiger partial charge in [0.25, 0.3) is 5.91 Å². The summed E-state index contributed by atoms with van der Waals surface area (Å²) >= 11 is 5.57. The molecule has 0 aromatic heterocycles. The monoisotopic (exact) mass is 240 g/mol. The number of anilines is 1. The number of hydrazone groups is 1. The summed E-state index contributed by atoms with van der Waals surface area (Å²) in [7, 11) is 0. The van der Waals surface area contributed by atoms with Gasteiger partial charge in [-0.2, -0.15) is 5.10 Å². The summed E-state index contributed by atoms with van der Waals surface area (Å²) in [5.74, 6) is -0.689. The molecule has 0 saturated carbocycles. The van der Waals surface area contributed by atoms with Gasteiger partial charge in [0.2, 0.25) is 0 Å². The van der Waals surface area contributed by atoms with Crippen LogP contribution < -0.4 is 5.01 Å². The smallest absolute Gasteiger partial charge is 0.253 e. The Hall–Kier alpha value is -1.42. The van der Waals surface area contributed by atoms with Crippen molar-refractivity contribution in [3.8, 4) is 0 Å². The predicted molar refractivity (Wildman–Crippen MR) is 61.2 cm³/mol. The molecule has 0 fully saturated rings. The lowest BCUT2D eigenvalue weighted by atomic mass is 10.2. The molecule has 1 aromatic carbocycles. The van der Waals surface area contributed by atoms with Crippen molar-refractivity contribution in [1.82, 2.24) is 0 Å². The number of carbonyl (C=O) groups excluding carboxylic acids is 1. The van der Waals surface area contributed by atoms with Crippen LogP contribution in [0.4, 0.5) is 10.1 Å². The van der Waals surface area contributed by atoms with Crippen LogP contribution in [0.2, 0.25) is 5.02 Å². The highest BCUT2D eigenvalue weighted by Crippen LogP contribution is 2.25. The van der Waals surface area contributed by atoms with Gasteiger partial charge in [-0.1, -0.05) is 18.5 Å². The molecule has 0 spiro atoms. The molecular weight excluding hydrogens is 231 g/mol. The fourth-order valence-corrected chi connectivity index (χ4v) is 1.61. The van der Waals surface area contributed by atoms with E-state index < -0.39 is 5.82 Å². The molecule has 0 aliphatic carbocycles. The first-order valence-corrected chi connectivity index (χ1v) is 5.34. The number of benzene rings is 1. The van der Waals surface area contributed by atoms with Crippen LogP contribution in [0.15, 0.2) is 23.3 Å². The predicted octanol–water partition coefficient (Wildman–Crippen LogP) is 2.98. The Kier molecular flexibility index (Phi) is 2.92. The molecule has 0 saturated heterocycles. The van der Waals surface area contributed by atoms with Gasteiger partial charge < -0.3 is 0 Å². The SMILES string of the molecule is CCC1=NN(c2ccc(Cl)c(F)c2)C(=O)C1. The molecule has 1 aliphatic rings. The quantitative estimate of drug-likeness (QED) is 0.782. The van der Waals surface area contributed by atoms with E-state index in [0.717, 1.165) is 12.1 Å². The van der Waals surface area contributed by atoms with E-state index in [9.17, 15) is 9.18 Å². The van der Waals surface area contributed by atoms with Gasteiger partial charge in [-0.15, -0.1) is 0 Å². The zero-order chi connectivity index (χ0) is 11.7. The number of amides is 1. The minimum Gasteiger partial charge on any atom is -0.272 e. The van der Waals surface area contributed by atoms with Gasteiger partial charge in [0.1, 0.15) is 5.82 Å².